The summed E-state index contributed by atoms with van der Waals surface area (Å²) in [5.41, 5.74) is -0.561. The number of unbranched alkanes of at least 4 members (excludes halogenated alkanes) is 3. The quantitative estimate of drug-likeness (QED) is 0.208. The van der Waals surface area contributed by atoms with Crippen LogP contribution in [0.4, 0.5) is 11.4 Å². The zero-order valence-corrected chi connectivity index (χ0v) is 17.4. The Balaban J connectivity index is 1.96. The minimum absolute atomic E-state index is 0.127. The number of fused-ring (bicyclic) bond motifs is 1. The molecule has 0 aromatic heterocycles. The molecule has 0 unspecified atom stereocenters. The minimum Gasteiger partial charge on any atom is -0.482 e. The van der Waals surface area contributed by atoms with Gasteiger partial charge < -0.3 is 9.47 Å². The molecule has 0 N–H and O–H groups in total. The second-order valence-electron chi connectivity index (χ2n) is 7.12. The number of nitriles is 1. The molecule has 3 aromatic carbocycles. The number of benzene rings is 3. The largest absolute Gasteiger partial charge is 0.482 e. The van der Waals surface area contributed by atoms with Crippen LogP contribution >= 0.6 is 0 Å². The molecule has 0 atom stereocenters. The van der Waals surface area contributed by atoms with E-state index in [9.17, 15) is 20.2 Å². The van der Waals surface area contributed by atoms with E-state index < -0.39 is 27.0 Å². The molecular formula is C23H21N3O6. The predicted molar refractivity (Wildman–Crippen MR) is 118 cm³/mol. The highest BCUT2D eigenvalue weighted by molar-refractivity contribution is 5.85. The highest BCUT2D eigenvalue weighted by atomic mass is 16.6. The summed E-state index contributed by atoms with van der Waals surface area (Å²) in [5.74, 6) is -0.251. The first-order valence-electron chi connectivity index (χ1n) is 10.1. The first-order valence-corrected chi connectivity index (χ1v) is 10.1. The van der Waals surface area contributed by atoms with E-state index in [1.165, 1.54) is 6.07 Å². The summed E-state index contributed by atoms with van der Waals surface area (Å²) >= 11 is 0. The lowest BCUT2D eigenvalue weighted by molar-refractivity contribution is -0.396. The average Bonchev–Trinajstić information content (AvgIpc) is 2.78. The van der Waals surface area contributed by atoms with E-state index in [0.717, 1.165) is 36.1 Å². The Morgan fingerprint density at radius 3 is 2.38 bits per heavy atom. The van der Waals surface area contributed by atoms with Gasteiger partial charge >= 0.3 is 11.4 Å². The summed E-state index contributed by atoms with van der Waals surface area (Å²) < 4.78 is 11.3. The van der Waals surface area contributed by atoms with Gasteiger partial charge in [0, 0.05) is 6.07 Å². The van der Waals surface area contributed by atoms with Crippen molar-refractivity contribution in [2.24, 2.45) is 0 Å². The molecule has 0 saturated carbocycles. The number of nitrogens with zero attached hydrogens (tertiary/aromatic N) is 3. The molecule has 0 bridgehead atoms. The molecular weight excluding hydrogens is 414 g/mol. The molecule has 0 aliphatic rings. The van der Waals surface area contributed by atoms with E-state index in [1.807, 2.05) is 6.92 Å². The number of ether oxygens (including phenoxy) is 2. The fraction of sp³-hybridized carbons (Fsp3) is 0.261. The average molecular weight is 435 g/mol. The van der Waals surface area contributed by atoms with E-state index in [1.54, 1.807) is 36.4 Å². The molecule has 3 aromatic rings. The van der Waals surface area contributed by atoms with E-state index >= 15 is 0 Å². The van der Waals surface area contributed by atoms with E-state index in [0.29, 0.717) is 17.7 Å². The van der Waals surface area contributed by atoms with Crippen LogP contribution in [0.25, 0.3) is 10.8 Å². The van der Waals surface area contributed by atoms with Gasteiger partial charge in [-0.15, -0.1) is 0 Å². The van der Waals surface area contributed by atoms with Crippen molar-refractivity contribution in [1.29, 1.82) is 5.26 Å². The van der Waals surface area contributed by atoms with Crippen molar-refractivity contribution in [2.45, 2.75) is 32.6 Å². The first-order chi connectivity index (χ1) is 15.4. The maximum absolute atomic E-state index is 11.8. The summed E-state index contributed by atoms with van der Waals surface area (Å²) in [4.78, 5) is 21.8. The van der Waals surface area contributed by atoms with E-state index in [4.69, 9.17) is 14.7 Å². The second kappa shape index (κ2) is 10.2. The van der Waals surface area contributed by atoms with Crippen molar-refractivity contribution in [1.82, 2.24) is 0 Å². The first kappa shape index (κ1) is 22.5. The second-order valence-corrected chi connectivity index (χ2v) is 7.12. The van der Waals surface area contributed by atoms with Crippen LogP contribution in [0.2, 0.25) is 0 Å². The highest BCUT2D eigenvalue weighted by Crippen LogP contribution is 2.45. The summed E-state index contributed by atoms with van der Waals surface area (Å²) in [6, 6.07) is 14.5. The third-order valence-corrected chi connectivity index (χ3v) is 4.87. The van der Waals surface area contributed by atoms with Gasteiger partial charge in [-0.05, 0) is 47.5 Å². The summed E-state index contributed by atoms with van der Waals surface area (Å²) in [6.45, 7) is 2.18. The lowest BCUT2D eigenvalue weighted by Crippen LogP contribution is -2.05. The van der Waals surface area contributed by atoms with Gasteiger partial charge in [0.15, 0.2) is 0 Å². The monoisotopic (exact) mass is 435 g/mol. The maximum atomic E-state index is 11.8. The van der Waals surface area contributed by atoms with Gasteiger partial charge in [-0.2, -0.15) is 5.26 Å². The smallest absolute Gasteiger partial charge is 0.360 e. The van der Waals surface area contributed by atoms with Crippen LogP contribution in [0.1, 0.15) is 38.2 Å². The molecule has 9 nitrogen and oxygen atoms in total. The standard InChI is InChI=1S/C23H21N3O6/c1-2-3-4-5-12-31-23-20(25(27)28)10-11-21(22(23)26(29)30)32-19-9-8-17-13-16(15-24)6-7-18(17)14-19/h6-11,13-14H,2-5,12H2,1H3. The Morgan fingerprint density at radius 2 is 1.69 bits per heavy atom. The van der Waals surface area contributed by atoms with Crippen molar-refractivity contribution in [3.63, 3.8) is 0 Å². The Hall–Kier alpha value is -4.19. The Bertz CT molecular complexity index is 1200. The van der Waals surface area contributed by atoms with Gasteiger partial charge in [0.2, 0.25) is 5.75 Å². The molecule has 164 valence electrons. The third-order valence-electron chi connectivity index (χ3n) is 4.87. The SMILES string of the molecule is CCCCCCOc1c([N+](=O)[O-])ccc(Oc2ccc3cc(C#N)ccc3c2)c1[N+](=O)[O-]. The van der Waals surface area contributed by atoms with Gasteiger partial charge in [0.25, 0.3) is 5.75 Å². The number of hydrogen-bond acceptors (Lipinski definition) is 7. The summed E-state index contributed by atoms with van der Waals surface area (Å²) in [5, 5.41) is 33.9. The molecule has 3 rings (SSSR count). The number of nitro groups is 2. The van der Waals surface area contributed by atoms with Crippen molar-refractivity contribution >= 4 is 22.1 Å². The summed E-state index contributed by atoms with van der Waals surface area (Å²) in [6.07, 6.45) is 3.48. The number of hydrogen-bond donors (Lipinski definition) is 0. The zero-order chi connectivity index (χ0) is 23.1. The van der Waals surface area contributed by atoms with Crippen LogP contribution in [0.5, 0.6) is 17.2 Å². The zero-order valence-electron chi connectivity index (χ0n) is 17.4. The Morgan fingerprint density at radius 1 is 0.938 bits per heavy atom. The molecule has 0 aliphatic heterocycles. The highest BCUT2D eigenvalue weighted by Gasteiger charge is 2.32. The number of nitro benzene ring substituents is 2. The topological polar surface area (TPSA) is 129 Å². The molecule has 9 heteroatoms. The molecule has 0 aliphatic carbocycles. The van der Waals surface area contributed by atoms with Crippen LogP contribution in [0.15, 0.2) is 48.5 Å². The van der Waals surface area contributed by atoms with E-state index in [2.05, 4.69) is 6.07 Å². The lowest BCUT2D eigenvalue weighted by atomic mass is 10.1. The molecule has 0 radical (unpaired) electrons. The fourth-order valence-electron chi connectivity index (χ4n) is 3.27. The summed E-state index contributed by atoms with van der Waals surface area (Å²) in [7, 11) is 0. The Labute approximate surface area is 184 Å². The van der Waals surface area contributed by atoms with Crippen LogP contribution in [-0.2, 0) is 0 Å². The van der Waals surface area contributed by atoms with Crippen molar-refractivity contribution in [3.05, 3.63) is 74.3 Å². The van der Waals surface area contributed by atoms with Gasteiger partial charge in [0.05, 0.1) is 28.1 Å². The van der Waals surface area contributed by atoms with Crippen molar-refractivity contribution in [2.75, 3.05) is 6.61 Å². The van der Waals surface area contributed by atoms with Crippen LogP contribution in [0.3, 0.4) is 0 Å². The fourth-order valence-corrected chi connectivity index (χ4v) is 3.27. The van der Waals surface area contributed by atoms with E-state index in [-0.39, 0.29) is 12.4 Å². The van der Waals surface area contributed by atoms with Gasteiger partial charge in [-0.3, -0.25) is 20.2 Å². The Kier molecular flexibility index (Phi) is 7.18. The van der Waals surface area contributed by atoms with Crippen LogP contribution in [-0.4, -0.2) is 16.5 Å². The molecule has 0 saturated heterocycles. The van der Waals surface area contributed by atoms with Gasteiger partial charge in [0.1, 0.15) is 5.75 Å². The van der Waals surface area contributed by atoms with Crippen molar-refractivity contribution in [3.8, 4) is 23.3 Å². The van der Waals surface area contributed by atoms with Gasteiger partial charge in [-0.1, -0.05) is 38.3 Å². The normalized spacial score (nSPS) is 10.5. The minimum atomic E-state index is -0.732. The molecule has 0 fully saturated rings. The predicted octanol–water partition coefficient (Wildman–Crippen LogP) is 6.28. The molecule has 0 heterocycles. The van der Waals surface area contributed by atoms with Crippen LogP contribution < -0.4 is 9.47 Å². The maximum Gasteiger partial charge on any atom is 0.360 e. The lowest BCUT2D eigenvalue weighted by Gasteiger charge is -2.12. The van der Waals surface area contributed by atoms with Gasteiger partial charge in [-0.25, -0.2) is 0 Å². The molecule has 0 amide bonds. The molecule has 0 spiro atoms. The number of rotatable bonds is 10. The molecule has 32 heavy (non-hydrogen) atoms. The van der Waals surface area contributed by atoms with Crippen LogP contribution in [0, 0.1) is 31.6 Å². The third kappa shape index (κ3) is 5.10. The van der Waals surface area contributed by atoms with Crippen molar-refractivity contribution < 1.29 is 19.3 Å².